The van der Waals surface area contributed by atoms with Crippen molar-refractivity contribution in [3.63, 3.8) is 0 Å². The summed E-state index contributed by atoms with van der Waals surface area (Å²) >= 11 is 1.60. The molecule has 4 nitrogen and oxygen atoms in total. The molecule has 92 valence electrons. The lowest BCUT2D eigenvalue weighted by atomic mass is 10.0. The Morgan fingerprint density at radius 2 is 2.29 bits per heavy atom. The lowest BCUT2D eigenvalue weighted by Crippen LogP contribution is -2.59. The number of piperazine rings is 1. The third kappa shape index (κ3) is 2.66. The number of amides is 2. The summed E-state index contributed by atoms with van der Waals surface area (Å²) in [6, 6.07) is 3.56. The first-order valence-electron chi connectivity index (χ1n) is 5.68. The first-order valence-corrected chi connectivity index (χ1v) is 6.56. The maximum absolute atomic E-state index is 12.2. The van der Waals surface area contributed by atoms with Crippen molar-refractivity contribution < 1.29 is 9.59 Å². The second kappa shape index (κ2) is 4.87. The van der Waals surface area contributed by atoms with Gasteiger partial charge < -0.3 is 10.2 Å². The molecule has 1 N–H and O–H groups in total. The molecule has 1 aromatic heterocycles. The van der Waals surface area contributed by atoms with Crippen molar-refractivity contribution in [2.75, 3.05) is 6.54 Å². The lowest BCUT2D eigenvalue weighted by Gasteiger charge is -2.34. The van der Waals surface area contributed by atoms with Crippen molar-refractivity contribution in [3.8, 4) is 0 Å². The molecule has 1 aromatic rings. The van der Waals surface area contributed by atoms with Gasteiger partial charge in [-0.3, -0.25) is 9.59 Å². The van der Waals surface area contributed by atoms with Crippen LogP contribution >= 0.6 is 11.3 Å². The van der Waals surface area contributed by atoms with E-state index in [0.29, 0.717) is 6.54 Å². The summed E-state index contributed by atoms with van der Waals surface area (Å²) in [4.78, 5) is 26.5. The number of carbonyl (C=O) groups is 2. The van der Waals surface area contributed by atoms with Gasteiger partial charge in [0.15, 0.2) is 0 Å². The van der Waals surface area contributed by atoms with E-state index in [1.165, 1.54) is 0 Å². The van der Waals surface area contributed by atoms with Gasteiger partial charge in [0.2, 0.25) is 11.8 Å². The Morgan fingerprint density at radius 1 is 1.53 bits per heavy atom. The molecule has 17 heavy (non-hydrogen) atoms. The predicted octanol–water partition coefficient (Wildman–Crippen LogP) is 1.23. The molecule has 1 atom stereocenters. The molecule has 5 heteroatoms. The SMILES string of the molecule is CC(C)C1NC(=O)CN(Cc2cccs2)C1=O. The highest BCUT2D eigenvalue weighted by atomic mass is 32.1. The minimum atomic E-state index is -0.379. The van der Waals surface area contributed by atoms with Crippen LogP contribution in [0.15, 0.2) is 17.5 Å². The Labute approximate surface area is 105 Å². The van der Waals surface area contributed by atoms with Crippen LogP contribution in [0.4, 0.5) is 0 Å². The van der Waals surface area contributed by atoms with E-state index in [-0.39, 0.29) is 30.3 Å². The second-order valence-electron chi connectivity index (χ2n) is 4.56. The van der Waals surface area contributed by atoms with Crippen LogP contribution in [-0.2, 0) is 16.1 Å². The van der Waals surface area contributed by atoms with Crippen LogP contribution in [0.3, 0.4) is 0 Å². The molecule has 1 saturated heterocycles. The van der Waals surface area contributed by atoms with Gasteiger partial charge in [-0.25, -0.2) is 0 Å². The van der Waals surface area contributed by atoms with Crippen molar-refractivity contribution in [1.82, 2.24) is 10.2 Å². The van der Waals surface area contributed by atoms with Crippen LogP contribution < -0.4 is 5.32 Å². The summed E-state index contributed by atoms with van der Waals surface area (Å²) in [5.41, 5.74) is 0. The molecule has 2 heterocycles. The zero-order valence-electron chi connectivity index (χ0n) is 9.97. The van der Waals surface area contributed by atoms with Gasteiger partial charge in [0, 0.05) is 4.88 Å². The van der Waals surface area contributed by atoms with Crippen LogP contribution in [0, 0.1) is 5.92 Å². The molecule has 1 aliphatic heterocycles. The molecular weight excluding hydrogens is 236 g/mol. The summed E-state index contributed by atoms with van der Waals surface area (Å²) in [5.74, 6) is 0.0745. The van der Waals surface area contributed by atoms with Crippen LogP contribution in [0.5, 0.6) is 0 Å². The first kappa shape index (κ1) is 12.1. The maximum atomic E-state index is 12.2. The predicted molar refractivity (Wildman–Crippen MR) is 66.5 cm³/mol. The van der Waals surface area contributed by atoms with Gasteiger partial charge in [-0.2, -0.15) is 0 Å². The largest absolute Gasteiger partial charge is 0.343 e. The zero-order chi connectivity index (χ0) is 12.4. The van der Waals surface area contributed by atoms with Crippen molar-refractivity contribution in [3.05, 3.63) is 22.4 Å². The fraction of sp³-hybridized carbons (Fsp3) is 0.500. The van der Waals surface area contributed by atoms with E-state index >= 15 is 0 Å². The van der Waals surface area contributed by atoms with Crippen molar-refractivity contribution in [2.45, 2.75) is 26.4 Å². The number of carbonyl (C=O) groups excluding carboxylic acids is 2. The Bertz CT molecular complexity index is 414. The fourth-order valence-corrected chi connectivity index (χ4v) is 2.62. The quantitative estimate of drug-likeness (QED) is 0.879. The summed E-state index contributed by atoms with van der Waals surface area (Å²) in [5, 5.41) is 4.72. The number of nitrogens with zero attached hydrogens (tertiary/aromatic N) is 1. The molecule has 0 radical (unpaired) electrons. The Morgan fingerprint density at radius 3 is 2.88 bits per heavy atom. The average molecular weight is 252 g/mol. The van der Waals surface area contributed by atoms with E-state index in [2.05, 4.69) is 5.32 Å². The van der Waals surface area contributed by atoms with Crippen LogP contribution in [0.1, 0.15) is 18.7 Å². The number of rotatable bonds is 3. The highest BCUT2D eigenvalue weighted by Gasteiger charge is 2.34. The van der Waals surface area contributed by atoms with E-state index in [1.54, 1.807) is 16.2 Å². The van der Waals surface area contributed by atoms with Gasteiger partial charge in [-0.15, -0.1) is 11.3 Å². The molecule has 0 aromatic carbocycles. The molecule has 1 fully saturated rings. The molecule has 1 aliphatic rings. The van der Waals surface area contributed by atoms with Crippen molar-refractivity contribution in [1.29, 1.82) is 0 Å². The number of thiophene rings is 1. The van der Waals surface area contributed by atoms with Gasteiger partial charge >= 0.3 is 0 Å². The van der Waals surface area contributed by atoms with Crippen molar-refractivity contribution in [2.24, 2.45) is 5.92 Å². The topological polar surface area (TPSA) is 49.4 Å². The summed E-state index contributed by atoms with van der Waals surface area (Å²) in [6.45, 7) is 4.59. The van der Waals surface area contributed by atoms with E-state index < -0.39 is 0 Å². The monoisotopic (exact) mass is 252 g/mol. The minimum absolute atomic E-state index is 0.0213. The molecule has 2 rings (SSSR count). The maximum Gasteiger partial charge on any atom is 0.246 e. The van der Waals surface area contributed by atoms with Gasteiger partial charge in [0.25, 0.3) is 0 Å². The smallest absolute Gasteiger partial charge is 0.246 e. The highest BCUT2D eigenvalue weighted by molar-refractivity contribution is 7.09. The zero-order valence-corrected chi connectivity index (χ0v) is 10.8. The highest BCUT2D eigenvalue weighted by Crippen LogP contribution is 2.16. The van der Waals surface area contributed by atoms with E-state index in [9.17, 15) is 9.59 Å². The number of nitrogens with one attached hydrogen (secondary N) is 1. The molecule has 0 spiro atoms. The molecule has 0 bridgehead atoms. The molecule has 0 aliphatic carbocycles. The van der Waals surface area contributed by atoms with Gasteiger partial charge in [-0.1, -0.05) is 19.9 Å². The summed E-state index contributed by atoms with van der Waals surface area (Å²) in [6.07, 6.45) is 0. The minimum Gasteiger partial charge on any atom is -0.343 e. The Hall–Kier alpha value is -1.36. The third-order valence-electron chi connectivity index (χ3n) is 2.82. The lowest BCUT2D eigenvalue weighted by molar-refractivity contribution is -0.146. The average Bonchev–Trinajstić information content (AvgIpc) is 2.75. The first-order chi connectivity index (χ1) is 8.08. The third-order valence-corrected chi connectivity index (χ3v) is 3.68. The van der Waals surface area contributed by atoms with E-state index in [1.807, 2.05) is 31.4 Å². The molecule has 1 unspecified atom stereocenters. The van der Waals surface area contributed by atoms with Gasteiger partial charge in [-0.05, 0) is 17.4 Å². The summed E-state index contributed by atoms with van der Waals surface area (Å²) < 4.78 is 0. The summed E-state index contributed by atoms with van der Waals surface area (Å²) in [7, 11) is 0. The fourth-order valence-electron chi connectivity index (χ4n) is 1.91. The van der Waals surface area contributed by atoms with Crippen LogP contribution in [0.25, 0.3) is 0 Å². The normalized spacial score (nSPS) is 20.9. The Balaban J connectivity index is 2.10. The van der Waals surface area contributed by atoms with Crippen LogP contribution in [0.2, 0.25) is 0 Å². The Kier molecular flexibility index (Phi) is 3.47. The van der Waals surface area contributed by atoms with Gasteiger partial charge in [0.05, 0.1) is 13.1 Å². The van der Waals surface area contributed by atoms with E-state index in [4.69, 9.17) is 0 Å². The van der Waals surface area contributed by atoms with E-state index in [0.717, 1.165) is 4.88 Å². The molecule has 2 amide bonds. The molecule has 0 saturated carbocycles. The van der Waals surface area contributed by atoms with Crippen LogP contribution in [-0.4, -0.2) is 29.3 Å². The van der Waals surface area contributed by atoms with Crippen molar-refractivity contribution >= 4 is 23.2 Å². The standard InChI is InChI=1S/C12H16N2O2S/c1-8(2)11-12(16)14(7-10(15)13-11)6-9-4-3-5-17-9/h3-5,8,11H,6-7H2,1-2H3,(H,13,15). The molecular formula is C12H16N2O2S. The number of hydrogen-bond donors (Lipinski definition) is 1. The van der Waals surface area contributed by atoms with Gasteiger partial charge in [0.1, 0.15) is 6.04 Å². The number of hydrogen-bond acceptors (Lipinski definition) is 3. The second-order valence-corrected chi connectivity index (χ2v) is 5.60.